The maximum absolute atomic E-state index is 13.5. The van der Waals surface area contributed by atoms with E-state index in [1.165, 1.54) is 0 Å². The fraction of sp³-hybridized carbons (Fsp3) is 0.389. The molecule has 134 valence electrons. The van der Waals surface area contributed by atoms with Gasteiger partial charge in [0.1, 0.15) is 0 Å². The highest BCUT2D eigenvalue weighted by atomic mass is 32.2. The molecule has 5 rings (SSSR count). The van der Waals surface area contributed by atoms with Gasteiger partial charge in [0.2, 0.25) is 5.91 Å². The quantitative estimate of drug-likeness (QED) is 0.793. The monoisotopic (exact) mass is 386 g/mol. The summed E-state index contributed by atoms with van der Waals surface area (Å²) in [6, 6.07) is 7.84. The molecule has 8 heteroatoms. The van der Waals surface area contributed by atoms with Crippen LogP contribution in [0.4, 0.5) is 10.8 Å². The number of fused-ring (bicyclic) bond motifs is 3. The van der Waals surface area contributed by atoms with E-state index >= 15 is 0 Å². The van der Waals surface area contributed by atoms with Crippen LogP contribution in [0.2, 0.25) is 0 Å². The zero-order valence-corrected chi connectivity index (χ0v) is 15.8. The Morgan fingerprint density at radius 3 is 2.73 bits per heavy atom. The second-order valence-electron chi connectivity index (χ2n) is 6.68. The molecule has 0 spiro atoms. The van der Waals surface area contributed by atoms with Gasteiger partial charge in [-0.15, -0.1) is 11.3 Å². The van der Waals surface area contributed by atoms with Gasteiger partial charge in [-0.05, 0) is 18.6 Å². The number of rotatable bonds is 2. The fourth-order valence-electron chi connectivity index (χ4n) is 4.00. The van der Waals surface area contributed by atoms with Gasteiger partial charge < -0.3 is 9.80 Å². The first-order valence-corrected chi connectivity index (χ1v) is 10.4. The standard InChI is InChI=1S/C18H18N4O2S2/c23-15-5-6-18(22(15)13-3-1-2-4-14(13)26-18)16(24)20-8-10-21(11-9-20)17-19-7-12-25-17/h1-4,7,12H,5-6,8-11H2/t18-/m1/s1. The third-order valence-electron chi connectivity index (χ3n) is 5.26. The van der Waals surface area contributed by atoms with Crippen LogP contribution in [0.15, 0.2) is 40.7 Å². The van der Waals surface area contributed by atoms with Crippen molar-refractivity contribution in [1.29, 1.82) is 0 Å². The normalized spacial score (nSPS) is 24.8. The topological polar surface area (TPSA) is 56.8 Å². The number of carbonyl (C=O) groups is 2. The Labute approximate surface area is 159 Å². The molecule has 3 aliphatic heterocycles. The summed E-state index contributed by atoms with van der Waals surface area (Å²) in [7, 11) is 0. The summed E-state index contributed by atoms with van der Waals surface area (Å²) in [5.41, 5.74) is 0.884. The lowest BCUT2D eigenvalue weighted by Crippen LogP contribution is -2.58. The first kappa shape index (κ1) is 16.1. The zero-order chi connectivity index (χ0) is 17.7. The van der Waals surface area contributed by atoms with Gasteiger partial charge in [-0.1, -0.05) is 23.9 Å². The number of amides is 2. The summed E-state index contributed by atoms with van der Waals surface area (Å²) in [4.78, 5) is 36.5. The number of anilines is 2. The van der Waals surface area contributed by atoms with Crippen LogP contribution in [-0.2, 0) is 9.59 Å². The van der Waals surface area contributed by atoms with Crippen molar-refractivity contribution in [2.24, 2.45) is 0 Å². The van der Waals surface area contributed by atoms with Gasteiger partial charge in [0.05, 0.1) is 5.69 Å². The van der Waals surface area contributed by atoms with Crippen LogP contribution in [0, 0.1) is 0 Å². The van der Waals surface area contributed by atoms with Crippen LogP contribution in [0.25, 0.3) is 0 Å². The number of para-hydroxylation sites is 1. The molecule has 6 nitrogen and oxygen atoms in total. The molecule has 3 aliphatic rings. The lowest BCUT2D eigenvalue weighted by molar-refractivity contribution is -0.134. The van der Waals surface area contributed by atoms with Crippen LogP contribution in [-0.4, -0.2) is 52.7 Å². The van der Waals surface area contributed by atoms with E-state index < -0.39 is 4.87 Å². The van der Waals surface area contributed by atoms with E-state index in [4.69, 9.17) is 0 Å². The average Bonchev–Trinajstić information content (AvgIpc) is 3.38. The third kappa shape index (κ3) is 2.28. The SMILES string of the molecule is O=C1CC[C@]2(C(=O)N3CCN(c4nccs4)CC3)Sc3ccccc3N12. The smallest absolute Gasteiger partial charge is 0.259 e. The van der Waals surface area contributed by atoms with E-state index in [0.717, 1.165) is 28.8 Å². The Balaban J connectivity index is 1.38. The Hall–Kier alpha value is -2.06. The molecule has 4 heterocycles. The lowest BCUT2D eigenvalue weighted by Gasteiger charge is -2.40. The summed E-state index contributed by atoms with van der Waals surface area (Å²) in [6.45, 7) is 2.89. The molecule has 0 unspecified atom stereocenters. The molecule has 26 heavy (non-hydrogen) atoms. The van der Waals surface area contributed by atoms with Crippen LogP contribution >= 0.6 is 23.1 Å². The molecule has 0 aliphatic carbocycles. The molecule has 2 saturated heterocycles. The van der Waals surface area contributed by atoms with Crippen molar-refractivity contribution in [2.75, 3.05) is 36.0 Å². The molecule has 1 aromatic heterocycles. The zero-order valence-electron chi connectivity index (χ0n) is 14.1. The molecule has 2 aromatic rings. The lowest BCUT2D eigenvalue weighted by atomic mass is 10.1. The van der Waals surface area contributed by atoms with Crippen LogP contribution in [0.5, 0.6) is 0 Å². The van der Waals surface area contributed by atoms with Gasteiger partial charge in [-0.25, -0.2) is 4.98 Å². The van der Waals surface area contributed by atoms with E-state index in [-0.39, 0.29) is 11.8 Å². The molecule has 0 radical (unpaired) electrons. The predicted octanol–water partition coefficient (Wildman–Crippen LogP) is 2.42. The minimum Gasteiger partial charge on any atom is -0.345 e. The molecule has 0 N–H and O–H groups in total. The van der Waals surface area contributed by atoms with Crippen LogP contribution in [0.3, 0.4) is 0 Å². The van der Waals surface area contributed by atoms with Gasteiger partial charge in [-0.3, -0.25) is 14.5 Å². The largest absolute Gasteiger partial charge is 0.345 e. The van der Waals surface area contributed by atoms with Crippen LogP contribution in [0.1, 0.15) is 12.8 Å². The first-order valence-electron chi connectivity index (χ1n) is 8.74. The van der Waals surface area contributed by atoms with Crippen molar-refractivity contribution >= 4 is 45.7 Å². The number of thioether (sulfide) groups is 1. The number of benzene rings is 1. The van der Waals surface area contributed by atoms with Crippen LogP contribution < -0.4 is 9.80 Å². The summed E-state index contributed by atoms with van der Waals surface area (Å²) in [5, 5.41) is 2.98. The molecular weight excluding hydrogens is 368 g/mol. The van der Waals surface area contributed by atoms with Crippen molar-refractivity contribution in [3.63, 3.8) is 0 Å². The Morgan fingerprint density at radius 2 is 1.96 bits per heavy atom. The summed E-state index contributed by atoms with van der Waals surface area (Å²) in [5.74, 6) is 0.126. The van der Waals surface area contributed by atoms with Crippen molar-refractivity contribution in [3.8, 4) is 0 Å². The van der Waals surface area contributed by atoms with Gasteiger partial charge in [0.15, 0.2) is 10.0 Å². The molecule has 2 amide bonds. The number of hydrogen-bond acceptors (Lipinski definition) is 6. The summed E-state index contributed by atoms with van der Waals surface area (Å²) < 4.78 is 0. The average molecular weight is 387 g/mol. The van der Waals surface area contributed by atoms with E-state index in [1.807, 2.05) is 40.7 Å². The van der Waals surface area contributed by atoms with Crippen molar-refractivity contribution in [1.82, 2.24) is 9.88 Å². The fourth-order valence-corrected chi connectivity index (χ4v) is 6.19. The summed E-state index contributed by atoms with van der Waals surface area (Å²) in [6.07, 6.45) is 2.83. The van der Waals surface area contributed by atoms with Crippen molar-refractivity contribution < 1.29 is 9.59 Å². The highest BCUT2D eigenvalue weighted by Gasteiger charge is 2.58. The maximum Gasteiger partial charge on any atom is 0.259 e. The molecule has 1 atom stereocenters. The molecule has 0 bridgehead atoms. The van der Waals surface area contributed by atoms with Gasteiger partial charge in [0, 0.05) is 49.1 Å². The first-order chi connectivity index (χ1) is 12.7. The predicted molar refractivity (Wildman–Crippen MR) is 103 cm³/mol. The number of aromatic nitrogens is 1. The van der Waals surface area contributed by atoms with E-state index in [0.29, 0.717) is 25.9 Å². The molecule has 1 aromatic carbocycles. The Bertz CT molecular complexity index is 864. The molecular formula is C18H18N4O2S2. The van der Waals surface area contributed by atoms with Gasteiger partial charge >= 0.3 is 0 Å². The second kappa shape index (κ2) is 5.99. The third-order valence-corrected chi connectivity index (χ3v) is 7.56. The van der Waals surface area contributed by atoms with Crippen molar-refractivity contribution in [3.05, 3.63) is 35.8 Å². The highest BCUT2D eigenvalue weighted by molar-refractivity contribution is 8.02. The minimum absolute atomic E-state index is 0.0530. The van der Waals surface area contributed by atoms with E-state index in [1.54, 1.807) is 28.0 Å². The van der Waals surface area contributed by atoms with Gasteiger partial charge in [-0.2, -0.15) is 0 Å². The number of piperazine rings is 1. The second-order valence-corrected chi connectivity index (χ2v) is 8.87. The number of hydrogen-bond donors (Lipinski definition) is 0. The molecule has 2 fully saturated rings. The minimum atomic E-state index is -0.788. The Kier molecular flexibility index (Phi) is 3.72. The molecule has 0 saturated carbocycles. The number of nitrogens with zero attached hydrogens (tertiary/aromatic N) is 4. The Morgan fingerprint density at radius 1 is 1.15 bits per heavy atom. The van der Waals surface area contributed by atoms with E-state index in [9.17, 15) is 9.59 Å². The van der Waals surface area contributed by atoms with Gasteiger partial charge in [0.25, 0.3) is 5.91 Å². The number of carbonyl (C=O) groups excluding carboxylic acids is 2. The van der Waals surface area contributed by atoms with Crippen molar-refractivity contribution in [2.45, 2.75) is 22.6 Å². The highest BCUT2D eigenvalue weighted by Crippen LogP contribution is 2.56. The maximum atomic E-state index is 13.5. The number of thiazole rings is 1. The summed E-state index contributed by atoms with van der Waals surface area (Å²) >= 11 is 3.17. The van der Waals surface area contributed by atoms with E-state index in [2.05, 4.69) is 9.88 Å².